The largest absolute Gasteiger partial charge is 0.496 e. The van der Waals surface area contributed by atoms with Gasteiger partial charge in [0.25, 0.3) is 5.56 Å². The number of benzene rings is 2. The van der Waals surface area contributed by atoms with Crippen LogP contribution in [-0.4, -0.2) is 64.8 Å². The van der Waals surface area contributed by atoms with E-state index in [0.717, 1.165) is 42.7 Å². The Bertz CT molecular complexity index is 1370. The van der Waals surface area contributed by atoms with Crippen LogP contribution in [0.25, 0.3) is 28.2 Å². The van der Waals surface area contributed by atoms with Gasteiger partial charge in [-0.25, -0.2) is 9.50 Å². The maximum Gasteiger partial charge on any atom is 0.277 e. The van der Waals surface area contributed by atoms with Crippen LogP contribution in [0.5, 0.6) is 5.75 Å². The zero-order chi connectivity index (χ0) is 23.8. The molecule has 176 valence electrons. The minimum Gasteiger partial charge on any atom is -0.496 e. The van der Waals surface area contributed by atoms with Gasteiger partial charge in [-0.05, 0) is 46.0 Å². The molecule has 8 nitrogen and oxygen atoms in total. The van der Waals surface area contributed by atoms with Gasteiger partial charge in [-0.15, -0.1) is 5.10 Å². The van der Waals surface area contributed by atoms with E-state index in [1.807, 2.05) is 49.4 Å². The number of aromatic amines is 1. The van der Waals surface area contributed by atoms with Crippen molar-refractivity contribution in [2.75, 3.05) is 39.2 Å². The van der Waals surface area contributed by atoms with Crippen molar-refractivity contribution < 1.29 is 4.74 Å². The van der Waals surface area contributed by atoms with Crippen molar-refractivity contribution in [1.82, 2.24) is 24.5 Å². The number of H-pyrrole nitrogens is 1. The van der Waals surface area contributed by atoms with Gasteiger partial charge in [0.05, 0.1) is 12.7 Å². The molecule has 5 rings (SSSR count). The van der Waals surface area contributed by atoms with E-state index in [1.165, 1.54) is 0 Å². The summed E-state index contributed by atoms with van der Waals surface area (Å²) in [5, 5.41) is 4.73. The molecule has 1 fully saturated rings. The van der Waals surface area contributed by atoms with Crippen LogP contribution in [0.2, 0.25) is 0 Å². The normalized spacial score (nSPS) is 14.8. The van der Waals surface area contributed by atoms with Crippen molar-refractivity contribution in [1.29, 1.82) is 0 Å². The topological polar surface area (TPSA) is 78.8 Å². The summed E-state index contributed by atoms with van der Waals surface area (Å²) in [6.07, 6.45) is 2.26. The summed E-state index contributed by atoms with van der Waals surface area (Å²) in [7, 11) is 5.94. The predicted octanol–water partition coefficient (Wildman–Crippen LogP) is 3.60. The lowest BCUT2D eigenvalue weighted by atomic mass is 10.0. The second-order valence-electron chi connectivity index (χ2n) is 9.00. The molecule has 3 heterocycles. The first-order valence-electron chi connectivity index (χ1n) is 11.6. The molecule has 0 spiro atoms. The molecule has 4 aromatic rings. The van der Waals surface area contributed by atoms with Crippen molar-refractivity contribution in [3.8, 4) is 28.4 Å². The fourth-order valence-electron chi connectivity index (χ4n) is 4.77. The number of piperidine rings is 1. The molecule has 0 aliphatic carbocycles. The second kappa shape index (κ2) is 8.95. The van der Waals surface area contributed by atoms with Crippen LogP contribution >= 0.6 is 0 Å². The highest BCUT2D eigenvalue weighted by Gasteiger charge is 2.22. The smallest absolute Gasteiger partial charge is 0.277 e. The number of hydrogen-bond donors (Lipinski definition) is 1. The highest BCUT2D eigenvalue weighted by Crippen LogP contribution is 2.33. The fourth-order valence-corrected chi connectivity index (χ4v) is 4.77. The van der Waals surface area contributed by atoms with Crippen molar-refractivity contribution in [2.45, 2.75) is 25.8 Å². The molecule has 0 bridgehead atoms. The summed E-state index contributed by atoms with van der Waals surface area (Å²) < 4.78 is 7.35. The molecule has 8 heteroatoms. The van der Waals surface area contributed by atoms with Crippen LogP contribution in [0.4, 0.5) is 5.69 Å². The molecule has 0 radical (unpaired) electrons. The Morgan fingerprint density at radius 2 is 1.82 bits per heavy atom. The maximum absolute atomic E-state index is 13.2. The summed E-state index contributed by atoms with van der Waals surface area (Å²) in [4.78, 5) is 25.4. The summed E-state index contributed by atoms with van der Waals surface area (Å²) in [6, 6.07) is 16.4. The van der Waals surface area contributed by atoms with Gasteiger partial charge < -0.3 is 19.5 Å². The van der Waals surface area contributed by atoms with E-state index in [9.17, 15) is 4.79 Å². The average molecular weight is 459 g/mol. The molecule has 1 N–H and O–H groups in total. The van der Waals surface area contributed by atoms with E-state index >= 15 is 0 Å². The Morgan fingerprint density at radius 1 is 1.09 bits per heavy atom. The van der Waals surface area contributed by atoms with Crippen LogP contribution in [-0.2, 0) is 0 Å². The predicted molar refractivity (Wildman–Crippen MR) is 135 cm³/mol. The minimum atomic E-state index is -0.235. The average Bonchev–Trinajstić information content (AvgIpc) is 3.21. The number of nitrogens with one attached hydrogen (secondary N) is 1. The van der Waals surface area contributed by atoms with Gasteiger partial charge in [0.1, 0.15) is 17.3 Å². The van der Waals surface area contributed by atoms with Gasteiger partial charge in [-0.2, -0.15) is 0 Å². The first-order valence-corrected chi connectivity index (χ1v) is 11.6. The number of aryl methyl sites for hydroxylation is 1. The van der Waals surface area contributed by atoms with Crippen LogP contribution in [0.1, 0.15) is 18.7 Å². The lowest BCUT2D eigenvalue weighted by molar-refractivity contribution is 0.249. The van der Waals surface area contributed by atoms with Gasteiger partial charge in [0.2, 0.25) is 0 Å². The number of anilines is 1. The number of ether oxygens (including phenoxy) is 1. The number of fused-ring (bicyclic) bond motifs is 1. The highest BCUT2D eigenvalue weighted by atomic mass is 16.5. The second-order valence-corrected chi connectivity index (χ2v) is 9.00. The minimum absolute atomic E-state index is 0.235. The van der Waals surface area contributed by atoms with Crippen LogP contribution in [0.3, 0.4) is 0 Å². The fraction of sp³-hybridized carbons (Fsp3) is 0.346. The van der Waals surface area contributed by atoms with Crippen molar-refractivity contribution in [3.63, 3.8) is 0 Å². The van der Waals surface area contributed by atoms with E-state index in [4.69, 9.17) is 9.84 Å². The van der Waals surface area contributed by atoms with Crippen LogP contribution in [0.15, 0.2) is 53.3 Å². The summed E-state index contributed by atoms with van der Waals surface area (Å²) in [6.45, 7) is 3.86. The Hall–Kier alpha value is -3.65. The monoisotopic (exact) mass is 458 g/mol. The Labute approximate surface area is 198 Å². The third-order valence-electron chi connectivity index (χ3n) is 6.71. The van der Waals surface area contributed by atoms with Crippen molar-refractivity contribution in [2.24, 2.45) is 0 Å². The summed E-state index contributed by atoms with van der Waals surface area (Å²) in [5.74, 6) is 1.78. The molecule has 0 atom stereocenters. The van der Waals surface area contributed by atoms with Crippen molar-refractivity contribution in [3.05, 3.63) is 64.7 Å². The molecule has 0 amide bonds. The zero-order valence-corrected chi connectivity index (χ0v) is 20.1. The lowest BCUT2D eigenvalue weighted by Gasteiger charge is -2.36. The number of aromatic nitrogens is 4. The van der Waals surface area contributed by atoms with E-state index in [2.05, 4.69) is 39.9 Å². The molecule has 2 aromatic heterocycles. The number of imidazole rings is 1. The molecule has 1 aliphatic heterocycles. The molecule has 0 unspecified atom stereocenters. The first-order chi connectivity index (χ1) is 16.5. The number of rotatable bonds is 5. The van der Waals surface area contributed by atoms with E-state index in [0.29, 0.717) is 34.7 Å². The van der Waals surface area contributed by atoms with Gasteiger partial charge in [-0.1, -0.05) is 30.3 Å². The Morgan fingerprint density at radius 3 is 2.50 bits per heavy atom. The Balaban J connectivity index is 1.51. The molecule has 1 saturated heterocycles. The highest BCUT2D eigenvalue weighted by molar-refractivity contribution is 5.77. The van der Waals surface area contributed by atoms with E-state index in [1.54, 1.807) is 11.6 Å². The van der Waals surface area contributed by atoms with Gasteiger partial charge in [0, 0.05) is 36.4 Å². The molecule has 0 saturated carbocycles. The molecular weight excluding hydrogens is 428 g/mol. The third kappa shape index (κ3) is 3.94. The molecule has 1 aliphatic rings. The van der Waals surface area contributed by atoms with E-state index in [-0.39, 0.29) is 5.56 Å². The molecular formula is C26H30N6O2. The SMILES string of the molecule is COc1cc(N2CCC(N(C)C)CC2)ccc1-c1nn2c(C)nc(-c3ccccc3)c2c(=O)[nH]1. The summed E-state index contributed by atoms with van der Waals surface area (Å²) >= 11 is 0. The Kier molecular flexibility index (Phi) is 5.83. The van der Waals surface area contributed by atoms with Crippen molar-refractivity contribution >= 4 is 11.2 Å². The van der Waals surface area contributed by atoms with Gasteiger partial charge in [-0.3, -0.25) is 4.79 Å². The number of methoxy groups -OCH3 is 1. The van der Waals surface area contributed by atoms with Crippen LogP contribution < -0.4 is 15.2 Å². The zero-order valence-electron chi connectivity index (χ0n) is 20.1. The van der Waals surface area contributed by atoms with Gasteiger partial charge in [0.15, 0.2) is 11.3 Å². The van der Waals surface area contributed by atoms with E-state index < -0.39 is 0 Å². The van der Waals surface area contributed by atoms with Crippen LogP contribution in [0, 0.1) is 6.92 Å². The molecule has 34 heavy (non-hydrogen) atoms. The first kappa shape index (κ1) is 22.2. The number of nitrogens with zero attached hydrogens (tertiary/aromatic N) is 5. The number of hydrogen-bond acceptors (Lipinski definition) is 6. The lowest BCUT2D eigenvalue weighted by Crippen LogP contribution is -2.41. The third-order valence-corrected chi connectivity index (χ3v) is 6.71. The summed E-state index contributed by atoms with van der Waals surface area (Å²) in [5.41, 5.74) is 3.57. The standard InChI is InChI=1S/C26H30N6O2/c1-17-27-23(18-8-6-5-7-9-18)24-26(33)28-25(29-32(17)24)21-11-10-20(16-22(21)34-4)31-14-12-19(13-15-31)30(2)3/h5-11,16,19H,12-15H2,1-4H3,(H,28,29,33). The maximum atomic E-state index is 13.2. The quantitative estimate of drug-likeness (QED) is 0.492. The van der Waals surface area contributed by atoms with Gasteiger partial charge >= 0.3 is 0 Å². The molecule has 2 aromatic carbocycles.